The highest BCUT2D eigenvalue weighted by molar-refractivity contribution is 5.45. The largest absolute Gasteiger partial charge is 0.490 e. The summed E-state index contributed by atoms with van der Waals surface area (Å²) >= 11 is 0. The molecular formula is C14H21NO3. The second kappa shape index (κ2) is 5.59. The minimum absolute atomic E-state index is 0.164. The molecule has 4 nitrogen and oxygen atoms in total. The molecular weight excluding hydrogens is 230 g/mol. The van der Waals surface area contributed by atoms with Crippen LogP contribution in [0.15, 0.2) is 18.2 Å². The molecule has 0 aromatic heterocycles. The van der Waals surface area contributed by atoms with Crippen LogP contribution in [0, 0.1) is 0 Å². The maximum Gasteiger partial charge on any atom is 0.161 e. The van der Waals surface area contributed by atoms with E-state index < -0.39 is 5.54 Å². The third-order valence-electron chi connectivity index (χ3n) is 3.26. The molecule has 0 bridgehead atoms. The molecule has 18 heavy (non-hydrogen) atoms. The summed E-state index contributed by atoms with van der Waals surface area (Å²) in [5.41, 5.74) is 6.85. The molecule has 0 radical (unpaired) electrons. The van der Waals surface area contributed by atoms with Crippen molar-refractivity contribution < 1.29 is 14.6 Å². The van der Waals surface area contributed by atoms with Crippen molar-refractivity contribution in [2.24, 2.45) is 5.73 Å². The van der Waals surface area contributed by atoms with E-state index in [0.29, 0.717) is 19.6 Å². The van der Waals surface area contributed by atoms with Crippen LogP contribution >= 0.6 is 0 Å². The molecule has 1 atom stereocenters. The number of ether oxygens (including phenoxy) is 2. The molecule has 0 aliphatic carbocycles. The van der Waals surface area contributed by atoms with Gasteiger partial charge in [0.1, 0.15) is 0 Å². The van der Waals surface area contributed by atoms with Crippen molar-refractivity contribution in [3.63, 3.8) is 0 Å². The topological polar surface area (TPSA) is 64.7 Å². The first-order valence-electron chi connectivity index (χ1n) is 6.43. The van der Waals surface area contributed by atoms with Crippen LogP contribution in [-0.4, -0.2) is 24.9 Å². The van der Waals surface area contributed by atoms with Crippen molar-refractivity contribution in [1.29, 1.82) is 0 Å². The number of hydrogen-bond acceptors (Lipinski definition) is 4. The molecule has 2 rings (SSSR count). The smallest absolute Gasteiger partial charge is 0.161 e. The molecule has 100 valence electrons. The van der Waals surface area contributed by atoms with Gasteiger partial charge >= 0.3 is 0 Å². The molecule has 0 saturated carbocycles. The zero-order valence-corrected chi connectivity index (χ0v) is 10.8. The Balaban J connectivity index is 2.21. The maximum atomic E-state index is 8.91. The van der Waals surface area contributed by atoms with Crippen LogP contribution in [0.4, 0.5) is 0 Å². The normalized spacial score (nSPS) is 17.9. The molecule has 4 heteroatoms. The second-order valence-corrected chi connectivity index (χ2v) is 4.96. The fourth-order valence-electron chi connectivity index (χ4n) is 2.11. The number of fused-ring (bicyclic) bond motifs is 1. The third-order valence-corrected chi connectivity index (χ3v) is 3.26. The van der Waals surface area contributed by atoms with Gasteiger partial charge in [0.25, 0.3) is 0 Å². The lowest BCUT2D eigenvalue weighted by atomic mass is 9.88. The quantitative estimate of drug-likeness (QED) is 0.856. The molecule has 1 aliphatic rings. The fourth-order valence-corrected chi connectivity index (χ4v) is 2.11. The van der Waals surface area contributed by atoms with Gasteiger partial charge in [-0.2, -0.15) is 0 Å². The maximum absolute atomic E-state index is 8.91. The highest BCUT2D eigenvalue weighted by Gasteiger charge is 2.23. The summed E-state index contributed by atoms with van der Waals surface area (Å²) in [5, 5.41) is 8.91. The van der Waals surface area contributed by atoms with Gasteiger partial charge in [0.05, 0.1) is 13.2 Å². The Morgan fingerprint density at radius 2 is 2.00 bits per heavy atom. The van der Waals surface area contributed by atoms with E-state index in [-0.39, 0.29) is 6.61 Å². The Morgan fingerprint density at radius 1 is 1.28 bits per heavy atom. The molecule has 1 unspecified atom stereocenters. The van der Waals surface area contributed by atoms with Gasteiger partial charge in [-0.1, -0.05) is 6.07 Å². The summed E-state index contributed by atoms with van der Waals surface area (Å²) in [7, 11) is 0. The van der Waals surface area contributed by atoms with Crippen LogP contribution in [-0.2, 0) is 5.54 Å². The molecule has 1 aromatic rings. The summed E-state index contributed by atoms with van der Waals surface area (Å²) < 4.78 is 11.3. The number of benzene rings is 1. The van der Waals surface area contributed by atoms with Crippen molar-refractivity contribution in [1.82, 2.24) is 0 Å². The van der Waals surface area contributed by atoms with E-state index >= 15 is 0 Å². The van der Waals surface area contributed by atoms with Crippen molar-refractivity contribution >= 4 is 0 Å². The van der Waals surface area contributed by atoms with E-state index in [0.717, 1.165) is 29.9 Å². The standard InChI is InChI=1S/C14H21NO3/c1-14(15,6-2-7-16)11-4-5-12-13(10-11)18-9-3-8-17-12/h4-5,10,16H,2-3,6-9,15H2,1H3. The first-order valence-corrected chi connectivity index (χ1v) is 6.43. The van der Waals surface area contributed by atoms with Gasteiger partial charge in [0, 0.05) is 18.6 Å². The monoisotopic (exact) mass is 251 g/mol. The number of hydrogen-bond donors (Lipinski definition) is 2. The predicted molar refractivity (Wildman–Crippen MR) is 69.9 cm³/mol. The molecule has 0 amide bonds. The summed E-state index contributed by atoms with van der Waals surface area (Å²) in [6, 6.07) is 5.85. The van der Waals surface area contributed by atoms with Gasteiger partial charge in [0.2, 0.25) is 0 Å². The number of aliphatic hydroxyl groups is 1. The number of aliphatic hydroxyl groups excluding tert-OH is 1. The van der Waals surface area contributed by atoms with Gasteiger partial charge in [-0.3, -0.25) is 0 Å². The van der Waals surface area contributed by atoms with Crippen LogP contribution in [0.1, 0.15) is 31.7 Å². The van der Waals surface area contributed by atoms with Crippen molar-refractivity contribution in [3.05, 3.63) is 23.8 Å². The fraction of sp³-hybridized carbons (Fsp3) is 0.571. The summed E-state index contributed by atoms with van der Waals surface area (Å²) in [4.78, 5) is 0. The molecule has 1 aliphatic heterocycles. The third kappa shape index (κ3) is 2.94. The van der Waals surface area contributed by atoms with E-state index in [2.05, 4.69) is 0 Å². The minimum Gasteiger partial charge on any atom is -0.490 e. The Kier molecular flexibility index (Phi) is 4.09. The van der Waals surface area contributed by atoms with Crippen molar-refractivity contribution in [2.75, 3.05) is 19.8 Å². The molecule has 1 aromatic carbocycles. The molecule has 0 spiro atoms. The predicted octanol–water partition coefficient (Wildman–Crippen LogP) is 1.79. The lowest BCUT2D eigenvalue weighted by Crippen LogP contribution is -2.33. The van der Waals surface area contributed by atoms with E-state index in [1.165, 1.54) is 0 Å². The molecule has 0 fully saturated rings. The summed E-state index contributed by atoms with van der Waals surface area (Å²) in [5.74, 6) is 1.56. The van der Waals surface area contributed by atoms with Gasteiger partial charge in [-0.15, -0.1) is 0 Å². The second-order valence-electron chi connectivity index (χ2n) is 4.96. The first-order chi connectivity index (χ1) is 8.63. The van der Waals surface area contributed by atoms with Gasteiger partial charge < -0.3 is 20.3 Å². The van der Waals surface area contributed by atoms with Gasteiger partial charge in [-0.25, -0.2) is 0 Å². The molecule has 0 saturated heterocycles. The Bertz CT molecular complexity index is 404. The summed E-state index contributed by atoms with van der Waals surface area (Å²) in [6.45, 7) is 3.50. The van der Waals surface area contributed by atoms with Crippen LogP contribution in [0.25, 0.3) is 0 Å². The SMILES string of the molecule is CC(N)(CCCO)c1ccc2c(c1)OCCCO2. The molecule has 1 heterocycles. The molecule has 3 N–H and O–H groups in total. The van der Waals surface area contributed by atoms with E-state index in [9.17, 15) is 0 Å². The Labute approximate surface area is 108 Å². The van der Waals surface area contributed by atoms with E-state index in [4.69, 9.17) is 20.3 Å². The van der Waals surface area contributed by atoms with Crippen LogP contribution < -0.4 is 15.2 Å². The highest BCUT2D eigenvalue weighted by atomic mass is 16.5. The average Bonchev–Trinajstić information content (AvgIpc) is 2.60. The lowest BCUT2D eigenvalue weighted by Gasteiger charge is -2.25. The zero-order chi connectivity index (χ0) is 13.0. The van der Waals surface area contributed by atoms with Crippen molar-refractivity contribution in [2.45, 2.75) is 31.7 Å². The van der Waals surface area contributed by atoms with E-state index in [1.807, 2.05) is 25.1 Å². The number of rotatable bonds is 4. The highest BCUT2D eigenvalue weighted by Crippen LogP contribution is 2.34. The van der Waals surface area contributed by atoms with Gasteiger partial charge in [0.15, 0.2) is 11.5 Å². The van der Waals surface area contributed by atoms with Crippen molar-refractivity contribution in [3.8, 4) is 11.5 Å². The Hall–Kier alpha value is -1.26. The number of nitrogens with two attached hydrogens (primary N) is 1. The summed E-state index contributed by atoms with van der Waals surface area (Å²) in [6.07, 6.45) is 2.33. The van der Waals surface area contributed by atoms with Crippen LogP contribution in [0.3, 0.4) is 0 Å². The van der Waals surface area contributed by atoms with Crippen LogP contribution in [0.2, 0.25) is 0 Å². The van der Waals surface area contributed by atoms with Crippen LogP contribution in [0.5, 0.6) is 11.5 Å². The lowest BCUT2D eigenvalue weighted by molar-refractivity contribution is 0.265. The average molecular weight is 251 g/mol. The Morgan fingerprint density at radius 3 is 2.72 bits per heavy atom. The zero-order valence-electron chi connectivity index (χ0n) is 10.8. The van der Waals surface area contributed by atoms with E-state index in [1.54, 1.807) is 0 Å². The minimum atomic E-state index is -0.451. The van der Waals surface area contributed by atoms with Gasteiger partial charge in [-0.05, 0) is 37.5 Å². The first kappa shape index (κ1) is 13.2.